The SMILES string of the molecule is C=CC(=O)N[C@H](Cc1ccccc1)C(=O)N1C[C@H](Oc2nccc3cc(OC)ccc23)C[C@H]1C(=O)N[C@]1(C(=O)NS(=O)(=O)C2CC2)C[C@H]1C=C. The van der Waals surface area contributed by atoms with Crippen molar-refractivity contribution in [1.82, 2.24) is 25.2 Å². The third-order valence-electron chi connectivity index (χ3n) is 9.39. The summed E-state index contributed by atoms with van der Waals surface area (Å²) in [5.41, 5.74) is -0.775. The third-order valence-corrected chi connectivity index (χ3v) is 11.2. The Balaban J connectivity index is 1.29. The fraction of sp³-hybridized carbons (Fsp3) is 0.361. The van der Waals surface area contributed by atoms with Crippen molar-refractivity contribution in [2.75, 3.05) is 13.7 Å². The van der Waals surface area contributed by atoms with Crippen molar-refractivity contribution in [3.63, 3.8) is 0 Å². The highest BCUT2D eigenvalue weighted by atomic mass is 32.2. The number of carbonyl (C=O) groups is 4. The Morgan fingerprint density at radius 1 is 1.10 bits per heavy atom. The number of methoxy groups -OCH3 is 1. The van der Waals surface area contributed by atoms with Crippen LogP contribution in [-0.4, -0.2) is 84.6 Å². The van der Waals surface area contributed by atoms with Gasteiger partial charge in [-0.2, -0.15) is 0 Å². The molecule has 2 saturated carbocycles. The summed E-state index contributed by atoms with van der Waals surface area (Å²) in [7, 11) is -2.33. The summed E-state index contributed by atoms with van der Waals surface area (Å²) in [6, 6.07) is 14.1. The third kappa shape index (κ3) is 7.20. The second-order valence-electron chi connectivity index (χ2n) is 12.8. The maximum atomic E-state index is 14.3. The molecule has 2 aliphatic carbocycles. The van der Waals surface area contributed by atoms with Crippen molar-refractivity contribution in [2.45, 2.75) is 61.1 Å². The first-order valence-electron chi connectivity index (χ1n) is 16.4. The largest absolute Gasteiger partial charge is 0.497 e. The molecule has 1 saturated heterocycles. The molecular weight excluding hydrogens is 662 g/mol. The molecule has 0 radical (unpaired) electrons. The average Bonchev–Trinajstić information content (AvgIpc) is 4.04. The Kier molecular flexibility index (Phi) is 9.65. The Morgan fingerprint density at radius 2 is 1.86 bits per heavy atom. The molecule has 14 heteroatoms. The van der Waals surface area contributed by atoms with E-state index in [0.717, 1.165) is 17.0 Å². The van der Waals surface area contributed by atoms with Gasteiger partial charge in [-0.05, 0) is 60.6 Å². The van der Waals surface area contributed by atoms with E-state index >= 15 is 0 Å². The molecule has 2 aromatic carbocycles. The fourth-order valence-corrected chi connectivity index (χ4v) is 7.75. The minimum Gasteiger partial charge on any atom is -0.497 e. The summed E-state index contributed by atoms with van der Waals surface area (Å²) in [4.78, 5) is 60.2. The maximum Gasteiger partial charge on any atom is 0.259 e. The van der Waals surface area contributed by atoms with Gasteiger partial charge in [0.1, 0.15) is 29.5 Å². The van der Waals surface area contributed by atoms with E-state index in [4.69, 9.17) is 9.47 Å². The summed E-state index contributed by atoms with van der Waals surface area (Å²) in [6.07, 6.45) is 4.64. The molecule has 6 rings (SSSR count). The summed E-state index contributed by atoms with van der Waals surface area (Å²) in [5.74, 6) is -2.21. The molecule has 3 fully saturated rings. The molecule has 2 heterocycles. The first-order chi connectivity index (χ1) is 24.0. The van der Waals surface area contributed by atoms with Crippen molar-refractivity contribution in [2.24, 2.45) is 5.92 Å². The van der Waals surface area contributed by atoms with Gasteiger partial charge in [0.25, 0.3) is 5.91 Å². The van der Waals surface area contributed by atoms with Crippen LogP contribution in [0, 0.1) is 5.92 Å². The van der Waals surface area contributed by atoms with E-state index < -0.39 is 68.5 Å². The molecule has 1 aromatic heterocycles. The number of benzene rings is 2. The monoisotopic (exact) mass is 701 g/mol. The molecule has 3 N–H and O–H groups in total. The van der Waals surface area contributed by atoms with Crippen molar-refractivity contribution >= 4 is 44.4 Å². The number of aromatic nitrogens is 1. The van der Waals surface area contributed by atoms with Crippen LogP contribution in [-0.2, 0) is 35.6 Å². The van der Waals surface area contributed by atoms with E-state index in [1.165, 1.54) is 11.0 Å². The number of nitrogens with zero attached hydrogens (tertiary/aromatic N) is 2. The van der Waals surface area contributed by atoms with Gasteiger partial charge in [0.15, 0.2) is 0 Å². The number of pyridine rings is 1. The van der Waals surface area contributed by atoms with E-state index in [0.29, 0.717) is 29.9 Å². The molecule has 13 nitrogen and oxygen atoms in total. The molecule has 50 heavy (non-hydrogen) atoms. The number of nitrogens with one attached hydrogen (secondary N) is 3. The lowest BCUT2D eigenvalue weighted by Crippen LogP contribution is -2.58. The zero-order valence-electron chi connectivity index (χ0n) is 27.5. The highest BCUT2D eigenvalue weighted by Gasteiger charge is 2.62. The first kappa shape index (κ1) is 34.6. The first-order valence-corrected chi connectivity index (χ1v) is 17.9. The highest BCUT2D eigenvalue weighted by Crippen LogP contribution is 2.45. The summed E-state index contributed by atoms with van der Waals surface area (Å²) < 4.78 is 39.1. The molecule has 262 valence electrons. The van der Waals surface area contributed by atoms with Crippen molar-refractivity contribution < 1.29 is 37.1 Å². The Labute approximate surface area is 290 Å². The van der Waals surface area contributed by atoms with Crippen LogP contribution in [0.15, 0.2) is 86.1 Å². The molecule has 1 aliphatic heterocycles. The number of sulfonamides is 1. The molecule has 0 unspecified atom stereocenters. The predicted molar refractivity (Wildman–Crippen MR) is 184 cm³/mol. The second-order valence-corrected chi connectivity index (χ2v) is 14.8. The second kappa shape index (κ2) is 13.9. The number of amides is 4. The number of rotatable bonds is 14. The van der Waals surface area contributed by atoms with Gasteiger partial charge in [-0.25, -0.2) is 13.4 Å². The van der Waals surface area contributed by atoms with Crippen molar-refractivity contribution in [1.29, 1.82) is 0 Å². The lowest BCUT2D eigenvalue weighted by Gasteiger charge is -2.29. The van der Waals surface area contributed by atoms with E-state index in [2.05, 4.69) is 33.5 Å². The van der Waals surface area contributed by atoms with Crippen LogP contribution in [0.5, 0.6) is 11.6 Å². The number of hydrogen-bond donors (Lipinski definition) is 3. The van der Waals surface area contributed by atoms with Crippen LogP contribution in [0.4, 0.5) is 0 Å². The Bertz CT molecular complexity index is 1950. The molecule has 3 aromatic rings. The molecule has 3 aliphatic rings. The Hall–Kier alpha value is -5.24. The van der Waals surface area contributed by atoms with Crippen LogP contribution in [0.2, 0.25) is 0 Å². The number of hydrogen-bond acceptors (Lipinski definition) is 9. The van der Waals surface area contributed by atoms with E-state index in [9.17, 15) is 27.6 Å². The molecule has 5 atom stereocenters. The zero-order chi connectivity index (χ0) is 35.6. The van der Waals surface area contributed by atoms with Gasteiger partial charge < -0.3 is 25.0 Å². The quantitative estimate of drug-likeness (QED) is 0.168. The Morgan fingerprint density at radius 3 is 2.52 bits per heavy atom. The zero-order valence-corrected chi connectivity index (χ0v) is 28.4. The summed E-state index contributed by atoms with van der Waals surface area (Å²) in [5, 5.41) is 6.33. The predicted octanol–water partition coefficient (Wildman–Crippen LogP) is 2.17. The van der Waals surface area contributed by atoms with Gasteiger partial charge in [0.05, 0.1) is 18.9 Å². The number of carbonyl (C=O) groups excluding carboxylic acids is 4. The molecular formula is C36H39N5O8S. The van der Waals surface area contributed by atoms with Crippen LogP contribution in [0.25, 0.3) is 10.8 Å². The number of ether oxygens (including phenoxy) is 2. The van der Waals surface area contributed by atoms with Gasteiger partial charge in [0, 0.05) is 30.3 Å². The standard InChI is InChI=1S/C36H39N5O8S/c1-4-24-20-36(24,35(45)40-50(46,47)27-12-13-27)39-32(43)30-19-26(49-33-28-14-11-25(48-3)18-23(28)15-16-37-33)21-41(30)34(44)29(38-31(42)5-2)17-22-9-7-6-8-10-22/h4-11,14-16,18,24,26-27,29-30H,1-2,12-13,17,19-21H2,3H3,(H,38,42)(H,39,43)(H,40,45)/t24-,26-,29-,30+,36-/m1/s1. The molecule has 0 spiro atoms. The van der Waals surface area contributed by atoms with Crippen LogP contribution in [0.3, 0.4) is 0 Å². The van der Waals surface area contributed by atoms with Gasteiger partial charge >= 0.3 is 0 Å². The van der Waals surface area contributed by atoms with E-state index in [1.807, 2.05) is 42.5 Å². The topological polar surface area (TPSA) is 173 Å². The summed E-state index contributed by atoms with van der Waals surface area (Å²) >= 11 is 0. The minimum atomic E-state index is -3.89. The number of fused-ring (bicyclic) bond motifs is 1. The average molecular weight is 702 g/mol. The normalized spacial score (nSPS) is 23.3. The lowest BCUT2D eigenvalue weighted by atomic mass is 10.0. The van der Waals surface area contributed by atoms with Crippen molar-refractivity contribution in [3.05, 3.63) is 91.7 Å². The van der Waals surface area contributed by atoms with Crippen LogP contribution in [0.1, 0.15) is 31.2 Å². The van der Waals surface area contributed by atoms with Crippen LogP contribution >= 0.6 is 0 Å². The maximum absolute atomic E-state index is 14.3. The molecule has 4 amide bonds. The van der Waals surface area contributed by atoms with Gasteiger partial charge in [-0.3, -0.25) is 23.9 Å². The minimum absolute atomic E-state index is 0.0239. The smallest absolute Gasteiger partial charge is 0.259 e. The lowest BCUT2D eigenvalue weighted by molar-refractivity contribution is -0.142. The number of likely N-dealkylation sites (tertiary alicyclic amines) is 1. The molecule has 0 bridgehead atoms. The van der Waals surface area contributed by atoms with E-state index in [-0.39, 0.29) is 25.8 Å². The fourth-order valence-electron chi connectivity index (χ4n) is 6.38. The summed E-state index contributed by atoms with van der Waals surface area (Å²) in [6.45, 7) is 7.23. The van der Waals surface area contributed by atoms with Gasteiger partial charge in [0.2, 0.25) is 33.6 Å². The van der Waals surface area contributed by atoms with Crippen LogP contribution < -0.4 is 24.8 Å². The van der Waals surface area contributed by atoms with E-state index in [1.54, 1.807) is 25.4 Å². The van der Waals surface area contributed by atoms with Crippen molar-refractivity contribution in [3.8, 4) is 11.6 Å². The van der Waals surface area contributed by atoms with Gasteiger partial charge in [-0.1, -0.05) is 43.0 Å². The van der Waals surface area contributed by atoms with Gasteiger partial charge in [-0.15, -0.1) is 6.58 Å². The highest BCUT2D eigenvalue weighted by molar-refractivity contribution is 7.91.